The van der Waals surface area contributed by atoms with Gasteiger partial charge in [0.1, 0.15) is 12.1 Å². The summed E-state index contributed by atoms with van der Waals surface area (Å²) in [6.45, 7) is 3.12. The van der Waals surface area contributed by atoms with Crippen molar-refractivity contribution in [2.75, 3.05) is 0 Å². The van der Waals surface area contributed by atoms with Crippen molar-refractivity contribution in [1.82, 2.24) is 0 Å². The van der Waals surface area contributed by atoms with Crippen LogP contribution in [0.3, 0.4) is 0 Å². The van der Waals surface area contributed by atoms with E-state index in [0.29, 0.717) is 0 Å². The summed E-state index contributed by atoms with van der Waals surface area (Å²) in [5.74, 6) is 1.91. The van der Waals surface area contributed by atoms with Gasteiger partial charge < -0.3 is 10.5 Å². The van der Waals surface area contributed by atoms with Gasteiger partial charge in [0.05, 0.1) is 0 Å². The maximum atomic E-state index is 10.5. The van der Waals surface area contributed by atoms with E-state index in [2.05, 4.69) is 16.8 Å². The zero-order valence-electron chi connectivity index (χ0n) is 5.47. The first kappa shape index (κ1) is 7.99. The molecule has 1 atom stereocenters. The zero-order valence-corrected chi connectivity index (χ0v) is 5.47. The maximum Gasteiger partial charge on any atom is 0.336 e. The summed E-state index contributed by atoms with van der Waals surface area (Å²) in [5.41, 5.74) is 5.13. The first-order valence-electron chi connectivity index (χ1n) is 2.56. The second-order valence-electron chi connectivity index (χ2n) is 1.56. The molecule has 2 N–H and O–H groups in total. The van der Waals surface area contributed by atoms with Crippen LogP contribution in [0.4, 0.5) is 0 Å². The van der Waals surface area contributed by atoms with E-state index in [-0.39, 0.29) is 0 Å². The number of hydrogen-bond donors (Lipinski definition) is 1. The summed E-state index contributed by atoms with van der Waals surface area (Å²) in [6.07, 6.45) is 2.15. The van der Waals surface area contributed by atoms with Gasteiger partial charge in [0.2, 0.25) is 0 Å². The number of nitrogens with two attached hydrogens (primary N) is 1. The van der Waals surface area contributed by atoms with E-state index < -0.39 is 12.0 Å². The number of ether oxygens (including phenoxy) is 1. The second-order valence-corrected chi connectivity index (χ2v) is 1.56. The number of hydrogen-bond acceptors (Lipinski definition) is 3. The molecule has 0 spiro atoms. The SMILES string of the molecule is CC#COC(=O)[C@H](C)N. The molecule has 0 heterocycles. The highest BCUT2D eigenvalue weighted by Crippen LogP contribution is 1.79. The van der Waals surface area contributed by atoms with Gasteiger partial charge in [-0.3, -0.25) is 0 Å². The highest BCUT2D eigenvalue weighted by Gasteiger charge is 2.05. The van der Waals surface area contributed by atoms with Gasteiger partial charge >= 0.3 is 5.97 Å². The Bertz CT molecular complexity index is 152. The molecule has 0 aliphatic rings. The zero-order chi connectivity index (χ0) is 7.28. The predicted molar refractivity (Wildman–Crippen MR) is 33.2 cm³/mol. The van der Waals surface area contributed by atoms with Gasteiger partial charge in [0, 0.05) is 6.92 Å². The van der Waals surface area contributed by atoms with E-state index in [4.69, 9.17) is 5.73 Å². The van der Waals surface area contributed by atoms with Crippen LogP contribution in [0.1, 0.15) is 13.8 Å². The molecule has 0 aliphatic heterocycles. The van der Waals surface area contributed by atoms with Crippen LogP contribution < -0.4 is 5.73 Å². The summed E-state index contributed by atoms with van der Waals surface area (Å²) >= 11 is 0. The largest absolute Gasteiger partial charge is 0.371 e. The fraction of sp³-hybridized carbons (Fsp3) is 0.500. The monoisotopic (exact) mass is 127 g/mol. The third kappa shape index (κ3) is 3.56. The Labute approximate surface area is 54.2 Å². The average molecular weight is 127 g/mol. The molecule has 9 heavy (non-hydrogen) atoms. The van der Waals surface area contributed by atoms with Crippen LogP contribution in [0.2, 0.25) is 0 Å². The lowest BCUT2D eigenvalue weighted by Crippen LogP contribution is -2.27. The smallest absolute Gasteiger partial charge is 0.336 e. The Hall–Kier alpha value is -1.01. The summed E-state index contributed by atoms with van der Waals surface area (Å²) < 4.78 is 4.33. The molecule has 0 fully saturated rings. The third-order valence-corrected chi connectivity index (χ3v) is 0.625. The lowest BCUT2D eigenvalue weighted by Gasteiger charge is -1.97. The lowest BCUT2D eigenvalue weighted by atomic mass is 10.4. The average Bonchev–Trinajstić information content (AvgIpc) is 1.82. The molecule has 3 heteroatoms. The van der Waals surface area contributed by atoms with Crippen LogP contribution in [-0.2, 0) is 9.53 Å². The van der Waals surface area contributed by atoms with E-state index in [1.165, 1.54) is 0 Å². The van der Waals surface area contributed by atoms with E-state index >= 15 is 0 Å². The summed E-state index contributed by atoms with van der Waals surface area (Å²) in [4.78, 5) is 10.5. The van der Waals surface area contributed by atoms with Gasteiger partial charge in [-0.05, 0) is 6.92 Å². The van der Waals surface area contributed by atoms with E-state index in [0.717, 1.165) is 0 Å². The highest BCUT2D eigenvalue weighted by atomic mass is 16.5. The minimum Gasteiger partial charge on any atom is -0.371 e. The molecule has 50 valence electrons. The molecule has 0 aromatic rings. The quantitative estimate of drug-likeness (QED) is 0.394. The van der Waals surface area contributed by atoms with Crippen molar-refractivity contribution in [2.45, 2.75) is 19.9 Å². The van der Waals surface area contributed by atoms with E-state index in [1.807, 2.05) is 0 Å². The molecule has 0 aromatic carbocycles. The van der Waals surface area contributed by atoms with Crippen molar-refractivity contribution in [1.29, 1.82) is 0 Å². The Kier molecular flexibility index (Phi) is 3.49. The van der Waals surface area contributed by atoms with Gasteiger partial charge in [0.25, 0.3) is 0 Å². The number of carbonyl (C=O) groups is 1. The number of rotatable bonds is 1. The number of esters is 1. The molecule has 0 saturated carbocycles. The molecule has 0 unspecified atom stereocenters. The minimum absolute atomic E-state index is 0.496. The van der Waals surface area contributed by atoms with Gasteiger partial charge in [-0.2, -0.15) is 0 Å². The predicted octanol–water partition coefficient (Wildman–Crippen LogP) is -0.142. The van der Waals surface area contributed by atoms with Crippen LogP contribution in [0.5, 0.6) is 0 Å². The van der Waals surface area contributed by atoms with Crippen molar-refractivity contribution in [3.05, 3.63) is 0 Å². The van der Waals surface area contributed by atoms with E-state index in [1.54, 1.807) is 13.8 Å². The first-order chi connectivity index (χ1) is 4.18. The van der Waals surface area contributed by atoms with Crippen molar-refractivity contribution in [3.63, 3.8) is 0 Å². The fourth-order valence-corrected chi connectivity index (χ4v) is 0.194. The van der Waals surface area contributed by atoms with Crippen LogP contribution >= 0.6 is 0 Å². The van der Waals surface area contributed by atoms with E-state index in [9.17, 15) is 4.79 Å². The second kappa shape index (κ2) is 3.93. The van der Waals surface area contributed by atoms with Gasteiger partial charge in [-0.1, -0.05) is 5.92 Å². The third-order valence-electron chi connectivity index (χ3n) is 0.625. The Balaban J connectivity index is 3.60. The highest BCUT2D eigenvalue weighted by molar-refractivity contribution is 5.75. The fourth-order valence-electron chi connectivity index (χ4n) is 0.194. The van der Waals surface area contributed by atoms with Crippen LogP contribution in [-0.4, -0.2) is 12.0 Å². The molecular formula is C6H9NO2. The summed E-state index contributed by atoms with van der Waals surface area (Å²) in [7, 11) is 0. The molecule has 0 aliphatic carbocycles. The molecule has 0 saturated heterocycles. The Morgan fingerprint density at radius 2 is 2.33 bits per heavy atom. The molecule has 0 bridgehead atoms. The first-order valence-corrected chi connectivity index (χ1v) is 2.56. The molecular weight excluding hydrogens is 118 g/mol. The summed E-state index contributed by atoms with van der Waals surface area (Å²) in [6, 6.07) is -0.592. The van der Waals surface area contributed by atoms with Crippen molar-refractivity contribution in [3.8, 4) is 12.0 Å². The van der Waals surface area contributed by atoms with Crippen LogP contribution in [0.25, 0.3) is 0 Å². The standard InChI is InChI=1S/C6H9NO2/c1-3-4-9-6(8)5(2)7/h5H,7H2,1-2H3/t5-/m0/s1. The van der Waals surface area contributed by atoms with Crippen LogP contribution in [0.15, 0.2) is 0 Å². The van der Waals surface area contributed by atoms with Crippen molar-refractivity contribution < 1.29 is 9.53 Å². The van der Waals surface area contributed by atoms with Gasteiger partial charge in [-0.15, -0.1) is 0 Å². The lowest BCUT2D eigenvalue weighted by molar-refractivity contribution is -0.137. The van der Waals surface area contributed by atoms with Crippen LogP contribution in [0, 0.1) is 12.0 Å². The molecule has 0 radical (unpaired) electrons. The maximum absolute atomic E-state index is 10.5. The molecule has 0 amide bonds. The molecule has 0 rings (SSSR count). The normalized spacial score (nSPS) is 11.0. The minimum atomic E-state index is -0.592. The van der Waals surface area contributed by atoms with Gasteiger partial charge in [-0.25, -0.2) is 4.79 Å². The molecule has 0 aromatic heterocycles. The Morgan fingerprint density at radius 3 is 2.67 bits per heavy atom. The number of carbonyl (C=O) groups excluding carboxylic acids is 1. The van der Waals surface area contributed by atoms with Crippen molar-refractivity contribution in [2.24, 2.45) is 5.73 Å². The van der Waals surface area contributed by atoms with Crippen molar-refractivity contribution >= 4 is 5.97 Å². The summed E-state index contributed by atoms with van der Waals surface area (Å²) in [5, 5.41) is 0. The topological polar surface area (TPSA) is 52.3 Å². The molecule has 3 nitrogen and oxygen atoms in total. The Morgan fingerprint density at radius 1 is 1.78 bits per heavy atom. The van der Waals surface area contributed by atoms with Gasteiger partial charge in [0.15, 0.2) is 0 Å².